The number of rotatable bonds is 2. The number of carbonyl (C=O) groups is 1. The van der Waals surface area contributed by atoms with Crippen molar-refractivity contribution in [3.05, 3.63) is 29.8 Å². The molecule has 1 amide bonds. The van der Waals surface area contributed by atoms with E-state index in [-0.39, 0.29) is 11.9 Å². The van der Waals surface area contributed by atoms with Crippen LogP contribution in [0.5, 0.6) is 0 Å². The molecule has 5 nitrogen and oxygen atoms in total. The summed E-state index contributed by atoms with van der Waals surface area (Å²) in [6.45, 7) is 1.07. The molecular weight excluding hydrogens is 266 g/mol. The maximum absolute atomic E-state index is 12.4. The first-order valence-electron chi connectivity index (χ1n) is 7.12. The van der Waals surface area contributed by atoms with Gasteiger partial charge in [-0.3, -0.25) is 4.79 Å². The number of piperidine rings is 1. The van der Waals surface area contributed by atoms with E-state index in [2.05, 4.69) is 21.5 Å². The van der Waals surface area contributed by atoms with Gasteiger partial charge in [-0.2, -0.15) is 0 Å². The minimum Gasteiger partial charge on any atom is -0.461 e. The molecular formula is C16H15N3O2. The number of hydrogen-bond donors (Lipinski definition) is 2. The third kappa shape index (κ3) is 1.99. The highest BCUT2D eigenvalue weighted by Gasteiger charge is 2.40. The van der Waals surface area contributed by atoms with Gasteiger partial charge in [-0.1, -0.05) is 5.92 Å². The average Bonchev–Trinajstić information content (AvgIpc) is 3.21. The van der Waals surface area contributed by atoms with Gasteiger partial charge in [0, 0.05) is 17.5 Å². The molecule has 5 heteroatoms. The Morgan fingerprint density at radius 2 is 2.43 bits per heavy atom. The van der Waals surface area contributed by atoms with Gasteiger partial charge in [-0.05, 0) is 31.4 Å². The van der Waals surface area contributed by atoms with Crippen molar-refractivity contribution in [3.8, 4) is 12.3 Å². The molecule has 2 N–H and O–H groups in total. The molecule has 2 bridgehead atoms. The summed E-state index contributed by atoms with van der Waals surface area (Å²) in [7, 11) is 0. The van der Waals surface area contributed by atoms with E-state index < -0.39 is 0 Å². The minimum atomic E-state index is -0.152. The molecule has 3 atom stereocenters. The summed E-state index contributed by atoms with van der Waals surface area (Å²) in [6.07, 6.45) is 10.7. The second-order valence-corrected chi connectivity index (χ2v) is 5.79. The van der Waals surface area contributed by atoms with Crippen LogP contribution in [0.4, 0.5) is 0 Å². The van der Waals surface area contributed by atoms with Crippen molar-refractivity contribution < 1.29 is 9.21 Å². The molecule has 2 fully saturated rings. The molecule has 2 aromatic heterocycles. The van der Waals surface area contributed by atoms with Crippen LogP contribution in [-0.2, 0) is 0 Å². The van der Waals surface area contributed by atoms with E-state index in [0.717, 1.165) is 24.8 Å². The number of aromatic nitrogens is 1. The molecule has 3 unspecified atom stereocenters. The maximum Gasteiger partial charge on any atom is 0.270 e. The molecule has 0 spiro atoms. The van der Waals surface area contributed by atoms with Gasteiger partial charge in [0.1, 0.15) is 12.0 Å². The van der Waals surface area contributed by atoms with Gasteiger partial charge >= 0.3 is 0 Å². The second-order valence-electron chi connectivity index (χ2n) is 5.79. The van der Waals surface area contributed by atoms with Crippen LogP contribution in [0, 0.1) is 18.3 Å². The van der Waals surface area contributed by atoms with E-state index >= 15 is 0 Å². The Morgan fingerprint density at radius 3 is 3.14 bits per heavy atom. The topological polar surface area (TPSA) is 67.2 Å². The largest absolute Gasteiger partial charge is 0.461 e. The Hall–Kier alpha value is -2.32. The lowest BCUT2D eigenvalue weighted by atomic mass is 10.1. The third-order valence-electron chi connectivity index (χ3n) is 4.49. The van der Waals surface area contributed by atoms with Crippen molar-refractivity contribution in [1.82, 2.24) is 15.6 Å². The van der Waals surface area contributed by atoms with Crippen molar-refractivity contribution in [2.24, 2.45) is 5.92 Å². The van der Waals surface area contributed by atoms with E-state index in [1.54, 1.807) is 12.3 Å². The molecule has 2 aliphatic rings. The number of nitrogens with zero attached hydrogens (tertiary/aromatic N) is 1. The second kappa shape index (κ2) is 4.61. The zero-order valence-corrected chi connectivity index (χ0v) is 11.4. The van der Waals surface area contributed by atoms with Crippen molar-refractivity contribution in [2.45, 2.75) is 24.9 Å². The van der Waals surface area contributed by atoms with Gasteiger partial charge < -0.3 is 15.1 Å². The van der Waals surface area contributed by atoms with E-state index in [4.69, 9.17) is 10.8 Å². The van der Waals surface area contributed by atoms with Crippen LogP contribution in [0.1, 0.15) is 28.9 Å². The predicted molar refractivity (Wildman–Crippen MR) is 77.7 cm³/mol. The first-order chi connectivity index (χ1) is 10.2. The number of hydrogen-bond acceptors (Lipinski definition) is 4. The molecule has 21 heavy (non-hydrogen) atoms. The standard InChI is InChI=1S/C16H15N3O2/c1-2-10-8-21-15-7-18-14(5-11(10)15)16(20)19-13-4-9-3-12(13)17-6-9/h1,5,7-9,12-13,17H,3-4,6H2,(H,19,20). The number of nitrogens with one attached hydrogen (secondary N) is 2. The number of furan rings is 1. The number of carbonyl (C=O) groups excluding carboxylic acids is 1. The van der Waals surface area contributed by atoms with E-state index in [1.807, 2.05) is 0 Å². The first kappa shape index (κ1) is 12.4. The number of terminal acetylenes is 1. The number of fused-ring (bicyclic) bond motifs is 3. The zero-order chi connectivity index (χ0) is 14.4. The molecule has 4 rings (SSSR count). The highest BCUT2D eigenvalue weighted by atomic mass is 16.3. The summed E-state index contributed by atoms with van der Waals surface area (Å²) in [5.74, 6) is 3.09. The van der Waals surface area contributed by atoms with Crippen LogP contribution in [0.25, 0.3) is 11.0 Å². The normalized spacial score (nSPS) is 26.9. The van der Waals surface area contributed by atoms with Crippen molar-refractivity contribution in [3.63, 3.8) is 0 Å². The van der Waals surface area contributed by atoms with Gasteiger partial charge in [-0.25, -0.2) is 4.98 Å². The minimum absolute atomic E-state index is 0.152. The number of pyridine rings is 1. The Balaban J connectivity index is 1.58. The van der Waals surface area contributed by atoms with Crippen LogP contribution in [0.2, 0.25) is 0 Å². The molecule has 1 aliphatic carbocycles. The van der Waals surface area contributed by atoms with Gasteiger partial charge in [-0.15, -0.1) is 6.42 Å². The van der Waals surface area contributed by atoms with Crippen LogP contribution in [-0.4, -0.2) is 29.5 Å². The SMILES string of the molecule is C#Cc1coc2cnc(C(=O)NC3CC4CNC3C4)cc12. The summed E-state index contributed by atoms with van der Waals surface area (Å²) in [5.41, 5.74) is 1.62. The van der Waals surface area contributed by atoms with Gasteiger partial charge in [0.2, 0.25) is 0 Å². The molecule has 1 saturated heterocycles. The molecule has 0 aromatic carbocycles. The van der Waals surface area contributed by atoms with Gasteiger partial charge in [0.05, 0.1) is 11.8 Å². The Bertz CT molecular complexity index is 758. The fraction of sp³-hybridized carbons (Fsp3) is 0.375. The highest BCUT2D eigenvalue weighted by Crippen LogP contribution is 2.31. The van der Waals surface area contributed by atoms with E-state index in [9.17, 15) is 4.79 Å². The third-order valence-corrected chi connectivity index (χ3v) is 4.49. The summed E-state index contributed by atoms with van der Waals surface area (Å²) in [5, 5.41) is 7.26. The molecule has 1 aliphatic heterocycles. The quantitative estimate of drug-likeness (QED) is 0.814. The lowest BCUT2D eigenvalue weighted by Crippen LogP contribution is -2.48. The lowest BCUT2D eigenvalue weighted by Gasteiger charge is -2.23. The van der Waals surface area contributed by atoms with Crippen molar-refractivity contribution in [1.29, 1.82) is 0 Å². The van der Waals surface area contributed by atoms with Crippen LogP contribution in [0.15, 0.2) is 22.9 Å². The predicted octanol–water partition coefficient (Wildman–Crippen LogP) is 1.29. The van der Waals surface area contributed by atoms with Crippen LogP contribution >= 0.6 is 0 Å². The van der Waals surface area contributed by atoms with Gasteiger partial charge in [0.15, 0.2) is 5.58 Å². The highest BCUT2D eigenvalue weighted by molar-refractivity contribution is 5.96. The lowest BCUT2D eigenvalue weighted by molar-refractivity contribution is 0.0923. The maximum atomic E-state index is 12.4. The summed E-state index contributed by atoms with van der Waals surface area (Å²) >= 11 is 0. The molecule has 2 aromatic rings. The van der Waals surface area contributed by atoms with E-state index in [0.29, 0.717) is 28.8 Å². The number of amides is 1. The Morgan fingerprint density at radius 1 is 1.52 bits per heavy atom. The fourth-order valence-corrected chi connectivity index (χ4v) is 3.42. The molecule has 106 valence electrons. The van der Waals surface area contributed by atoms with Crippen LogP contribution in [0.3, 0.4) is 0 Å². The molecule has 3 heterocycles. The fourth-order valence-electron chi connectivity index (χ4n) is 3.42. The zero-order valence-electron chi connectivity index (χ0n) is 11.4. The summed E-state index contributed by atoms with van der Waals surface area (Å²) in [4.78, 5) is 16.5. The monoisotopic (exact) mass is 281 g/mol. The van der Waals surface area contributed by atoms with Gasteiger partial charge in [0.25, 0.3) is 5.91 Å². The summed E-state index contributed by atoms with van der Waals surface area (Å²) in [6, 6.07) is 2.30. The van der Waals surface area contributed by atoms with Crippen molar-refractivity contribution >= 4 is 16.9 Å². The van der Waals surface area contributed by atoms with Crippen molar-refractivity contribution in [2.75, 3.05) is 6.54 Å². The first-order valence-corrected chi connectivity index (χ1v) is 7.12. The molecule has 1 saturated carbocycles. The Labute approximate surface area is 122 Å². The van der Waals surface area contributed by atoms with E-state index in [1.165, 1.54) is 6.26 Å². The summed E-state index contributed by atoms with van der Waals surface area (Å²) < 4.78 is 5.30. The molecule has 0 radical (unpaired) electrons. The van der Waals surface area contributed by atoms with Crippen LogP contribution < -0.4 is 10.6 Å². The Kier molecular flexibility index (Phi) is 2.72. The smallest absolute Gasteiger partial charge is 0.270 e. The average molecular weight is 281 g/mol.